The number of nitrogens with one attached hydrogen (secondary N) is 1. The van der Waals surface area contributed by atoms with Crippen LogP contribution in [0, 0.1) is 5.92 Å². The first-order valence-corrected chi connectivity index (χ1v) is 4.45. The van der Waals surface area contributed by atoms with Crippen LogP contribution in [0.1, 0.15) is 0 Å². The first-order chi connectivity index (χ1) is 6.27. The van der Waals surface area contributed by atoms with E-state index in [2.05, 4.69) is 11.9 Å². The van der Waals surface area contributed by atoms with Gasteiger partial charge in [0.05, 0.1) is 6.61 Å². The van der Waals surface area contributed by atoms with E-state index < -0.39 is 0 Å². The Morgan fingerprint density at radius 3 is 3.23 bits per heavy atom. The first kappa shape index (κ1) is 10.1. The number of carbonyl (C=O) groups is 1. The van der Waals surface area contributed by atoms with Crippen LogP contribution in [0.3, 0.4) is 0 Å². The molecule has 1 heterocycles. The predicted octanol–water partition coefficient (Wildman–Crippen LogP) is 0.460. The smallest absolute Gasteiger partial charge is 0.410 e. The lowest BCUT2D eigenvalue weighted by atomic mass is 10.1. The maximum absolute atomic E-state index is 11.2. The van der Waals surface area contributed by atoms with Crippen molar-refractivity contribution in [2.24, 2.45) is 5.92 Å². The third-order valence-corrected chi connectivity index (χ3v) is 2.02. The maximum atomic E-state index is 11.2. The molecule has 74 valence electrons. The normalized spacial score (nSPS) is 22.7. The van der Waals surface area contributed by atoms with Gasteiger partial charge in [-0.1, -0.05) is 6.08 Å². The molecule has 1 aliphatic heterocycles. The summed E-state index contributed by atoms with van der Waals surface area (Å²) in [7, 11) is 1.90. The molecule has 1 unspecified atom stereocenters. The molecule has 4 heteroatoms. The summed E-state index contributed by atoms with van der Waals surface area (Å²) in [4.78, 5) is 12.8. The Morgan fingerprint density at radius 2 is 2.62 bits per heavy atom. The number of nitrogens with zero attached hydrogens (tertiary/aromatic N) is 1. The first-order valence-electron chi connectivity index (χ1n) is 4.45. The van der Waals surface area contributed by atoms with Gasteiger partial charge < -0.3 is 15.0 Å². The van der Waals surface area contributed by atoms with Gasteiger partial charge in [0, 0.05) is 25.6 Å². The van der Waals surface area contributed by atoms with E-state index in [4.69, 9.17) is 4.74 Å². The van der Waals surface area contributed by atoms with Crippen molar-refractivity contribution in [2.75, 3.05) is 33.3 Å². The van der Waals surface area contributed by atoms with Crippen LogP contribution >= 0.6 is 0 Å². The van der Waals surface area contributed by atoms with Crippen LogP contribution in [-0.2, 0) is 4.74 Å². The lowest BCUT2D eigenvalue weighted by Gasteiger charge is -2.31. The molecule has 1 saturated heterocycles. The third kappa shape index (κ3) is 2.73. The second kappa shape index (κ2) is 4.87. The third-order valence-electron chi connectivity index (χ3n) is 2.02. The van der Waals surface area contributed by atoms with Gasteiger partial charge in [-0.05, 0) is 7.05 Å². The molecule has 1 amide bonds. The molecule has 1 rings (SSSR count). The monoisotopic (exact) mass is 184 g/mol. The molecule has 13 heavy (non-hydrogen) atoms. The van der Waals surface area contributed by atoms with Crippen LogP contribution in [0.2, 0.25) is 0 Å². The van der Waals surface area contributed by atoms with Gasteiger partial charge in [-0.3, -0.25) is 0 Å². The zero-order valence-electron chi connectivity index (χ0n) is 7.95. The summed E-state index contributed by atoms with van der Waals surface area (Å²) in [6.45, 7) is 6.32. The Balaban J connectivity index is 2.42. The molecule has 1 fully saturated rings. The summed E-state index contributed by atoms with van der Waals surface area (Å²) < 4.78 is 5.01. The van der Waals surface area contributed by atoms with Crippen molar-refractivity contribution in [2.45, 2.75) is 0 Å². The fourth-order valence-corrected chi connectivity index (χ4v) is 1.44. The van der Waals surface area contributed by atoms with Gasteiger partial charge in [0.15, 0.2) is 0 Å². The van der Waals surface area contributed by atoms with Gasteiger partial charge >= 0.3 is 6.09 Å². The molecule has 0 aliphatic carbocycles. The van der Waals surface area contributed by atoms with Gasteiger partial charge in [0.2, 0.25) is 0 Å². The van der Waals surface area contributed by atoms with Crippen molar-refractivity contribution < 1.29 is 9.53 Å². The Morgan fingerprint density at radius 1 is 1.85 bits per heavy atom. The molecule has 0 spiro atoms. The topological polar surface area (TPSA) is 41.6 Å². The summed E-state index contributed by atoms with van der Waals surface area (Å²) in [5.74, 6) is 0.391. The summed E-state index contributed by atoms with van der Waals surface area (Å²) >= 11 is 0. The second-order valence-corrected chi connectivity index (χ2v) is 3.19. The lowest BCUT2D eigenvalue weighted by molar-refractivity contribution is 0.0482. The lowest BCUT2D eigenvalue weighted by Crippen LogP contribution is -2.45. The fourth-order valence-electron chi connectivity index (χ4n) is 1.44. The Bertz CT molecular complexity index is 194. The number of rotatable bonds is 4. The summed E-state index contributed by atoms with van der Waals surface area (Å²) in [5, 5.41) is 3.07. The minimum absolute atomic E-state index is 0.229. The van der Waals surface area contributed by atoms with Crippen molar-refractivity contribution in [1.82, 2.24) is 10.2 Å². The van der Waals surface area contributed by atoms with Crippen LogP contribution in [0.4, 0.5) is 4.79 Å². The molecular formula is C9H16N2O2. The second-order valence-electron chi connectivity index (χ2n) is 3.19. The van der Waals surface area contributed by atoms with E-state index in [1.54, 1.807) is 11.0 Å². The molecule has 4 nitrogen and oxygen atoms in total. The van der Waals surface area contributed by atoms with Gasteiger partial charge in [-0.15, -0.1) is 6.58 Å². The van der Waals surface area contributed by atoms with Crippen LogP contribution in [0.5, 0.6) is 0 Å². The average molecular weight is 184 g/mol. The molecule has 1 N–H and O–H groups in total. The number of carbonyl (C=O) groups excluding carboxylic acids is 1. The number of hydrogen-bond donors (Lipinski definition) is 1. The highest BCUT2D eigenvalue weighted by Gasteiger charge is 2.25. The molecule has 0 radical (unpaired) electrons. The molecular weight excluding hydrogens is 168 g/mol. The Hall–Kier alpha value is -1.03. The van der Waals surface area contributed by atoms with Crippen LogP contribution in [-0.4, -0.2) is 44.3 Å². The van der Waals surface area contributed by atoms with Crippen LogP contribution < -0.4 is 5.32 Å². The van der Waals surface area contributed by atoms with E-state index in [0.29, 0.717) is 19.1 Å². The molecule has 0 bridgehead atoms. The Labute approximate surface area is 78.5 Å². The van der Waals surface area contributed by atoms with Gasteiger partial charge in [-0.25, -0.2) is 4.79 Å². The number of ether oxygens (including phenoxy) is 1. The van der Waals surface area contributed by atoms with E-state index in [1.165, 1.54) is 0 Å². The summed E-state index contributed by atoms with van der Waals surface area (Å²) in [6.07, 6.45) is 1.48. The van der Waals surface area contributed by atoms with Crippen molar-refractivity contribution in [3.05, 3.63) is 12.7 Å². The quantitative estimate of drug-likeness (QED) is 0.645. The van der Waals surface area contributed by atoms with Gasteiger partial charge in [0.1, 0.15) is 0 Å². The standard InChI is InChI=1S/C9H16N2O2/c1-3-4-11-6-8(5-10-2)7-13-9(11)12/h3,8,10H,1,4-7H2,2H3. The maximum Gasteiger partial charge on any atom is 0.410 e. The minimum atomic E-state index is -0.229. The van der Waals surface area contributed by atoms with Crippen molar-refractivity contribution in [1.29, 1.82) is 0 Å². The van der Waals surface area contributed by atoms with Crippen molar-refractivity contribution >= 4 is 6.09 Å². The highest BCUT2D eigenvalue weighted by atomic mass is 16.6. The summed E-state index contributed by atoms with van der Waals surface area (Å²) in [5.41, 5.74) is 0. The van der Waals surface area contributed by atoms with E-state index in [-0.39, 0.29) is 6.09 Å². The van der Waals surface area contributed by atoms with Crippen LogP contribution in [0.15, 0.2) is 12.7 Å². The number of cyclic esters (lactones) is 1. The molecule has 0 aromatic heterocycles. The van der Waals surface area contributed by atoms with Gasteiger partial charge in [0.25, 0.3) is 0 Å². The average Bonchev–Trinajstić information content (AvgIpc) is 2.12. The zero-order valence-corrected chi connectivity index (χ0v) is 7.95. The van der Waals surface area contributed by atoms with Gasteiger partial charge in [-0.2, -0.15) is 0 Å². The van der Waals surface area contributed by atoms with Crippen LogP contribution in [0.25, 0.3) is 0 Å². The highest BCUT2D eigenvalue weighted by Crippen LogP contribution is 2.10. The minimum Gasteiger partial charge on any atom is -0.449 e. The van der Waals surface area contributed by atoms with Crippen molar-refractivity contribution in [3.8, 4) is 0 Å². The number of hydrogen-bond acceptors (Lipinski definition) is 3. The number of amides is 1. The van der Waals surface area contributed by atoms with E-state index in [0.717, 1.165) is 13.1 Å². The molecule has 1 aliphatic rings. The van der Waals surface area contributed by atoms with E-state index in [9.17, 15) is 4.79 Å². The Kier molecular flexibility index (Phi) is 3.76. The molecule has 0 aromatic rings. The fraction of sp³-hybridized carbons (Fsp3) is 0.667. The largest absolute Gasteiger partial charge is 0.449 e. The SMILES string of the molecule is C=CCN1CC(CNC)COC1=O. The molecule has 0 aromatic carbocycles. The highest BCUT2D eigenvalue weighted by molar-refractivity contribution is 5.68. The predicted molar refractivity (Wildman–Crippen MR) is 50.5 cm³/mol. The summed E-state index contributed by atoms with van der Waals surface area (Å²) in [6, 6.07) is 0. The molecule has 0 saturated carbocycles. The van der Waals surface area contributed by atoms with Crippen molar-refractivity contribution in [3.63, 3.8) is 0 Å². The zero-order chi connectivity index (χ0) is 9.68. The van der Waals surface area contributed by atoms with E-state index >= 15 is 0 Å². The van der Waals surface area contributed by atoms with E-state index in [1.807, 2.05) is 7.05 Å². The molecule has 1 atom stereocenters.